The van der Waals surface area contributed by atoms with E-state index in [0.29, 0.717) is 18.4 Å². The Kier molecular flexibility index (Phi) is 6.39. The van der Waals surface area contributed by atoms with Crippen LogP contribution < -0.4 is 10.2 Å². The van der Waals surface area contributed by atoms with Gasteiger partial charge >= 0.3 is 0 Å². The maximum Gasteiger partial charge on any atom is 0.240 e. The molecule has 0 radical (unpaired) electrons. The lowest BCUT2D eigenvalue weighted by molar-refractivity contribution is -0.121. The highest BCUT2D eigenvalue weighted by Gasteiger charge is 2.04. The molecule has 0 aliphatic rings. The van der Waals surface area contributed by atoms with E-state index in [1.807, 2.05) is 25.1 Å². The average Bonchev–Trinajstić information content (AvgIpc) is 2.58. The van der Waals surface area contributed by atoms with Gasteiger partial charge in [0, 0.05) is 18.1 Å². The van der Waals surface area contributed by atoms with Gasteiger partial charge < -0.3 is 14.9 Å². The van der Waals surface area contributed by atoms with Crippen molar-refractivity contribution in [2.45, 2.75) is 26.2 Å². The van der Waals surface area contributed by atoms with Crippen molar-refractivity contribution in [1.82, 2.24) is 5.43 Å². The molecule has 6 heteroatoms. The summed E-state index contributed by atoms with van der Waals surface area (Å²) in [7, 11) is 1.64. The van der Waals surface area contributed by atoms with Gasteiger partial charge in [0.05, 0.1) is 13.3 Å². The molecule has 0 aliphatic heterocycles. The second-order valence-electron chi connectivity index (χ2n) is 5.68. The number of phenols is 2. The first-order valence-corrected chi connectivity index (χ1v) is 7.97. The van der Waals surface area contributed by atoms with Crippen molar-refractivity contribution in [1.29, 1.82) is 0 Å². The molecule has 0 bridgehead atoms. The molecule has 2 rings (SSSR count). The van der Waals surface area contributed by atoms with Crippen LogP contribution in [0.3, 0.4) is 0 Å². The van der Waals surface area contributed by atoms with Crippen LogP contribution in [0.1, 0.15) is 29.5 Å². The number of amides is 1. The van der Waals surface area contributed by atoms with Crippen LogP contribution in [0.15, 0.2) is 41.5 Å². The molecule has 0 spiro atoms. The third-order valence-corrected chi connectivity index (χ3v) is 3.81. The molecule has 0 saturated carbocycles. The number of aryl methyl sites for hydroxylation is 2. The SMILES string of the molecule is COc1ccc(CCCC(=O)N/N=C\c2ccc(O)cc2O)c(C)c1. The minimum Gasteiger partial charge on any atom is -0.508 e. The first kappa shape index (κ1) is 18.3. The van der Waals surface area contributed by atoms with Gasteiger partial charge in [0.1, 0.15) is 17.2 Å². The van der Waals surface area contributed by atoms with Gasteiger partial charge in [0.15, 0.2) is 0 Å². The van der Waals surface area contributed by atoms with Crippen LogP contribution in [0.2, 0.25) is 0 Å². The molecule has 0 unspecified atom stereocenters. The number of nitrogens with zero attached hydrogens (tertiary/aromatic N) is 1. The number of ether oxygens (including phenoxy) is 1. The zero-order chi connectivity index (χ0) is 18.2. The van der Waals surface area contributed by atoms with Crippen LogP contribution in [0.25, 0.3) is 0 Å². The van der Waals surface area contributed by atoms with Crippen molar-refractivity contribution in [3.8, 4) is 17.2 Å². The van der Waals surface area contributed by atoms with Crippen LogP contribution in [-0.4, -0.2) is 29.4 Å². The van der Waals surface area contributed by atoms with Crippen molar-refractivity contribution >= 4 is 12.1 Å². The second kappa shape index (κ2) is 8.73. The summed E-state index contributed by atoms with van der Waals surface area (Å²) in [5.41, 5.74) is 5.16. The molecule has 3 N–H and O–H groups in total. The number of methoxy groups -OCH3 is 1. The van der Waals surface area contributed by atoms with E-state index < -0.39 is 0 Å². The second-order valence-corrected chi connectivity index (χ2v) is 5.68. The molecule has 2 aromatic carbocycles. The van der Waals surface area contributed by atoms with E-state index in [1.54, 1.807) is 7.11 Å². The lowest BCUT2D eigenvalue weighted by atomic mass is 10.0. The highest BCUT2D eigenvalue weighted by molar-refractivity contribution is 5.85. The summed E-state index contributed by atoms with van der Waals surface area (Å²) in [6.07, 6.45) is 3.19. The summed E-state index contributed by atoms with van der Waals surface area (Å²) in [5.74, 6) is 0.493. The third-order valence-electron chi connectivity index (χ3n) is 3.81. The number of hydrogen-bond acceptors (Lipinski definition) is 5. The Bertz CT molecular complexity index is 772. The lowest BCUT2D eigenvalue weighted by Gasteiger charge is -2.07. The fraction of sp³-hybridized carbons (Fsp3) is 0.263. The maximum absolute atomic E-state index is 11.8. The number of carbonyl (C=O) groups excluding carboxylic acids is 1. The van der Waals surface area contributed by atoms with E-state index in [2.05, 4.69) is 10.5 Å². The predicted molar refractivity (Wildman–Crippen MR) is 96.2 cm³/mol. The van der Waals surface area contributed by atoms with E-state index >= 15 is 0 Å². The molecule has 132 valence electrons. The van der Waals surface area contributed by atoms with Gasteiger partial charge in [-0.25, -0.2) is 5.43 Å². The number of nitrogens with one attached hydrogen (secondary N) is 1. The average molecular weight is 342 g/mol. The monoisotopic (exact) mass is 342 g/mol. The molecule has 0 saturated heterocycles. The predicted octanol–water partition coefficient (Wildman–Crippen LogP) is 2.89. The number of rotatable bonds is 7. The molecule has 0 aromatic heterocycles. The van der Waals surface area contributed by atoms with Crippen molar-refractivity contribution in [3.05, 3.63) is 53.1 Å². The highest BCUT2D eigenvalue weighted by atomic mass is 16.5. The molecule has 6 nitrogen and oxygen atoms in total. The van der Waals surface area contributed by atoms with Gasteiger partial charge in [-0.05, 0) is 55.2 Å². The first-order valence-electron chi connectivity index (χ1n) is 7.97. The van der Waals surface area contributed by atoms with Gasteiger partial charge in [0.25, 0.3) is 0 Å². The number of benzene rings is 2. The Morgan fingerprint density at radius 1 is 1.24 bits per heavy atom. The van der Waals surface area contributed by atoms with Crippen LogP contribution >= 0.6 is 0 Å². The normalized spacial score (nSPS) is 10.8. The van der Waals surface area contributed by atoms with Gasteiger partial charge in [0.2, 0.25) is 5.91 Å². The Labute approximate surface area is 146 Å². The van der Waals surface area contributed by atoms with E-state index in [4.69, 9.17) is 4.74 Å². The Morgan fingerprint density at radius 2 is 2.04 bits per heavy atom. The van der Waals surface area contributed by atoms with Gasteiger partial charge in [-0.15, -0.1) is 0 Å². The summed E-state index contributed by atoms with van der Waals surface area (Å²) in [5, 5.41) is 22.6. The fourth-order valence-corrected chi connectivity index (χ4v) is 2.39. The molecule has 0 atom stereocenters. The molecule has 2 aromatic rings. The fourth-order valence-electron chi connectivity index (χ4n) is 2.39. The zero-order valence-electron chi connectivity index (χ0n) is 14.3. The van der Waals surface area contributed by atoms with E-state index in [1.165, 1.54) is 30.0 Å². The third kappa shape index (κ3) is 5.53. The topological polar surface area (TPSA) is 91.2 Å². The van der Waals surface area contributed by atoms with Gasteiger partial charge in [-0.1, -0.05) is 6.07 Å². The smallest absolute Gasteiger partial charge is 0.240 e. The summed E-state index contributed by atoms with van der Waals surface area (Å²) in [6.45, 7) is 2.02. The first-order chi connectivity index (χ1) is 12.0. The van der Waals surface area contributed by atoms with Crippen molar-refractivity contribution < 1.29 is 19.7 Å². The zero-order valence-corrected chi connectivity index (χ0v) is 14.3. The van der Waals surface area contributed by atoms with E-state index in [0.717, 1.165) is 17.7 Å². The van der Waals surface area contributed by atoms with E-state index in [-0.39, 0.29) is 17.4 Å². The van der Waals surface area contributed by atoms with Crippen LogP contribution in [0, 0.1) is 6.92 Å². The standard InChI is InChI=1S/C19H22N2O4/c1-13-10-17(25-2)9-7-14(13)4-3-5-19(24)21-20-12-15-6-8-16(22)11-18(15)23/h6-12,22-23H,3-5H2,1-2H3,(H,21,24)/b20-12-. The minimum atomic E-state index is -0.194. The molecular weight excluding hydrogens is 320 g/mol. The number of phenolic OH excluding ortho intramolecular Hbond substituents is 2. The maximum atomic E-state index is 11.8. The Morgan fingerprint density at radius 3 is 2.72 bits per heavy atom. The summed E-state index contributed by atoms with van der Waals surface area (Å²) in [6, 6.07) is 10.0. The summed E-state index contributed by atoms with van der Waals surface area (Å²) < 4.78 is 5.18. The highest BCUT2D eigenvalue weighted by Crippen LogP contribution is 2.21. The number of aromatic hydroxyl groups is 2. The largest absolute Gasteiger partial charge is 0.508 e. The van der Waals surface area contributed by atoms with Crippen molar-refractivity contribution in [3.63, 3.8) is 0 Å². The number of carbonyl (C=O) groups is 1. The molecule has 0 fully saturated rings. The minimum absolute atomic E-state index is 0.0347. The van der Waals surface area contributed by atoms with Crippen molar-refractivity contribution in [2.75, 3.05) is 7.11 Å². The van der Waals surface area contributed by atoms with Crippen LogP contribution in [0.4, 0.5) is 0 Å². The quantitative estimate of drug-likeness (QED) is 0.533. The summed E-state index contributed by atoms with van der Waals surface area (Å²) >= 11 is 0. The molecular formula is C19H22N2O4. The summed E-state index contributed by atoms with van der Waals surface area (Å²) in [4.78, 5) is 11.8. The number of hydrogen-bond donors (Lipinski definition) is 3. The van der Waals surface area contributed by atoms with Crippen LogP contribution in [-0.2, 0) is 11.2 Å². The van der Waals surface area contributed by atoms with Gasteiger partial charge in [-0.2, -0.15) is 5.10 Å². The van der Waals surface area contributed by atoms with Gasteiger partial charge in [-0.3, -0.25) is 4.79 Å². The molecule has 1 amide bonds. The van der Waals surface area contributed by atoms with Crippen LogP contribution in [0.5, 0.6) is 17.2 Å². The molecule has 25 heavy (non-hydrogen) atoms. The number of hydrazone groups is 1. The van der Waals surface area contributed by atoms with Crippen molar-refractivity contribution in [2.24, 2.45) is 5.10 Å². The molecule has 0 heterocycles. The Balaban J connectivity index is 1.78. The Hall–Kier alpha value is -3.02. The van der Waals surface area contributed by atoms with E-state index in [9.17, 15) is 15.0 Å². The molecule has 0 aliphatic carbocycles. The lowest BCUT2D eigenvalue weighted by Crippen LogP contribution is -2.17.